The van der Waals surface area contributed by atoms with Crippen LogP contribution in [-0.2, 0) is 6.61 Å². The number of rotatable bonds is 3. The van der Waals surface area contributed by atoms with Gasteiger partial charge in [0.25, 0.3) is 5.56 Å². The minimum absolute atomic E-state index is 0.290. The molecule has 88 valence electrons. The van der Waals surface area contributed by atoms with E-state index in [-0.39, 0.29) is 5.56 Å². The molecule has 1 aromatic carbocycles. The Hall–Kier alpha value is -1.62. The van der Waals surface area contributed by atoms with E-state index >= 15 is 0 Å². The number of benzene rings is 1. The van der Waals surface area contributed by atoms with Gasteiger partial charge in [-0.25, -0.2) is 0 Å². The topological polar surface area (TPSA) is 44.1 Å². The SMILES string of the molecule is Cc1nc(=O)c(Br)cn1OCc1ccccc1. The van der Waals surface area contributed by atoms with Crippen LogP contribution in [-0.4, -0.2) is 9.71 Å². The zero-order valence-corrected chi connectivity index (χ0v) is 10.8. The summed E-state index contributed by atoms with van der Waals surface area (Å²) in [6, 6.07) is 9.79. The summed E-state index contributed by atoms with van der Waals surface area (Å²) < 4.78 is 1.87. The summed E-state index contributed by atoms with van der Waals surface area (Å²) in [7, 11) is 0. The maximum Gasteiger partial charge on any atom is 0.287 e. The van der Waals surface area contributed by atoms with Crippen molar-refractivity contribution in [2.75, 3.05) is 0 Å². The van der Waals surface area contributed by atoms with Gasteiger partial charge in [-0.2, -0.15) is 9.71 Å². The maximum absolute atomic E-state index is 11.2. The van der Waals surface area contributed by atoms with Crippen molar-refractivity contribution in [3.8, 4) is 0 Å². The van der Waals surface area contributed by atoms with E-state index < -0.39 is 0 Å². The molecule has 0 aliphatic rings. The highest BCUT2D eigenvalue weighted by Crippen LogP contribution is 2.03. The molecule has 0 aliphatic carbocycles. The Balaban J connectivity index is 2.15. The first kappa shape index (κ1) is 11.9. The average molecular weight is 295 g/mol. The summed E-state index contributed by atoms with van der Waals surface area (Å²) in [6.45, 7) is 2.15. The number of nitrogens with zero attached hydrogens (tertiary/aromatic N) is 2. The second kappa shape index (κ2) is 5.14. The van der Waals surface area contributed by atoms with Gasteiger partial charge in [0.05, 0.1) is 6.20 Å². The van der Waals surface area contributed by atoms with Crippen molar-refractivity contribution in [3.05, 3.63) is 62.7 Å². The van der Waals surface area contributed by atoms with Gasteiger partial charge < -0.3 is 4.84 Å². The van der Waals surface area contributed by atoms with Gasteiger partial charge in [0.15, 0.2) is 0 Å². The molecular formula is C12H11BrN2O2. The second-order valence-electron chi connectivity index (χ2n) is 3.53. The number of halogens is 1. The molecule has 0 amide bonds. The summed E-state index contributed by atoms with van der Waals surface area (Å²) in [5.41, 5.74) is 0.767. The molecule has 2 rings (SSSR count). The number of aromatic nitrogens is 2. The molecule has 0 N–H and O–H groups in total. The molecule has 0 radical (unpaired) electrons. The van der Waals surface area contributed by atoms with Gasteiger partial charge >= 0.3 is 0 Å². The fraction of sp³-hybridized carbons (Fsp3) is 0.167. The molecule has 17 heavy (non-hydrogen) atoms. The van der Waals surface area contributed by atoms with E-state index in [1.54, 1.807) is 13.1 Å². The van der Waals surface area contributed by atoms with Crippen molar-refractivity contribution in [2.24, 2.45) is 0 Å². The van der Waals surface area contributed by atoms with Gasteiger partial charge in [0.2, 0.25) is 0 Å². The van der Waals surface area contributed by atoms with Crippen LogP contribution in [0.15, 0.2) is 45.8 Å². The molecule has 5 heteroatoms. The van der Waals surface area contributed by atoms with Crippen molar-refractivity contribution >= 4 is 15.9 Å². The lowest BCUT2D eigenvalue weighted by Crippen LogP contribution is -2.21. The highest BCUT2D eigenvalue weighted by Gasteiger charge is 2.03. The van der Waals surface area contributed by atoms with Crippen molar-refractivity contribution in [3.63, 3.8) is 0 Å². The number of aryl methyl sites for hydroxylation is 1. The zero-order valence-electron chi connectivity index (χ0n) is 9.26. The summed E-state index contributed by atoms with van der Waals surface area (Å²) in [5, 5.41) is 0. The second-order valence-corrected chi connectivity index (χ2v) is 4.38. The smallest absolute Gasteiger partial charge is 0.287 e. The predicted molar refractivity (Wildman–Crippen MR) is 67.7 cm³/mol. The van der Waals surface area contributed by atoms with E-state index in [2.05, 4.69) is 20.9 Å². The molecule has 0 unspecified atom stereocenters. The lowest BCUT2D eigenvalue weighted by atomic mass is 10.2. The van der Waals surface area contributed by atoms with Crippen LogP contribution >= 0.6 is 15.9 Å². The van der Waals surface area contributed by atoms with Crippen molar-refractivity contribution in [2.45, 2.75) is 13.5 Å². The molecule has 2 aromatic rings. The molecule has 0 aliphatic heterocycles. The van der Waals surface area contributed by atoms with Crippen LogP contribution in [0.4, 0.5) is 0 Å². The Morgan fingerprint density at radius 1 is 1.35 bits per heavy atom. The molecule has 1 heterocycles. The zero-order chi connectivity index (χ0) is 12.3. The maximum atomic E-state index is 11.2. The highest BCUT2D eigenvalue weighted by atomic mass is 79.9. The molecule has 0 saturated heterocycles. The van der Waals surface area contributed by atoms with Gasteiger partial charge in [-0.15, -0.1) is 0 Å². The normalized spacial score (nSPS) is 10.2. The first-order valence-electron chi connectivity index (χ1n) is 5.10. The summed E-state index contributed by atoms with van der Waals surface area (Å²) >= 11 is 3.13. The first-order valence-corrected chi connectivity index (χ1v) is 5.89. The van der Waals surface area contributed by atoms with Crippen LogP contribution in [0.25, 0.3) is 0 Å². The van der Waals surface area contributed by atoms with E-state index in [4.69, 9.17) is 4.84 Å². The lowest BCUT2D eigenvalue weighted by molar-refractivity contribution is 0.0877. The number of hydrogen-bond donors (Lipinski definition) is 0. The molecule has 0 spiro atoms. The third kappa shape index (κ3) is 2.94. The fourth-order valence-electron chi connectivity index (χ4n) is 1.35. The van der Waals surface area contributed by atoms with Crippen LogP contribution in [0, 0.1) is 6.92 Å². The standard InChI is InChI=1S/C12H11BrN2O2/c1-9-14-12(16)11(13)7-15(9)17-8-10-5-3-2-4-6-10/h2-7H,8H2,1H3. The van der Waals surface area contributed by atoms with Gasteiger partial charge in [-0.1, -0.05) is 30.3 Å². The molecular weight excluding hydrogens is 284 g/mol. The van der Waals surface area contributed by atoms with Gasteiger partial charge in [-0.05, 0) is 28.4 Å². The molecule has 4 nitrogen and oxygen atoms in total. The largest absolute Gasteiger partial charge is 0.408 e. The van der Waals surface area contributed by atoms with Crippen molar-refractivity contribution in [1.82, 2.24) is 9.71 Å². The van der Waals surface area contributed by atoms with E-state index in [0.29, 0.717) is 16.9 Å². The van der Waals surface area contributed by atoms with Gasteiger partial charge in [0, 0.05) is 0 Å². The van der Waals surface area contributed by atoms with E-state index in [1.165, 1.54) is 4.73 Å². The summed E-state index contributed by atoms with van der Waals surface area (Å²) in [6.07, 6.45) is 1.58. The molecule has 0 fully saturated rings. The highest BCUT2D eigenvalue weighted by molar-refractivity contribution is 9.10. The molecule has 0 bridgehead atoms. The minimum atomic E-state index is -0.290. The van der Waals surface area contributed by atoms with E-state index in [0.717, 1.165) is 5.56 Å². The van der Waals surface area contributed by atoms with Crippen molar-refractivity contribution < 1.29 is 4.84 Å². The minimum Gasteiger partial charge on any atom is -0.408 e. The number of hydrogen-bond acceptors (Lipinski definition) is 3. The molecule has 0 atom stereocenters. The lowest BCUT2D eigenvalue weighted by Gasteiger charge is -2.11. The Kier molecular flexibility index (Phi) is 3.58. The van der Waals surface area contributed by atoms with E-state index in [1.807, 2.05) is 30.3 Å². The van der Waals surface area contributed by atoms with Crippen LogP contribution in [0.3, 0.4) is 0 Å². The van der Waals surface area contributed by atoms with Crippen LogP contribution in [0.1, 0.15) is 11.4 Å². The third-order valence-corrected chi connectivity index (χ3v) is 2.77. The van der Waals surface area contributed by atoms with Crippen LogP contribution in [0.2, 0.25) is 0 Å². The van der Waals surface area contributed by atoms with Crippen molar-refractivity contribution in [1.29, 1.82) is 0 Å². The molecule has 1 aromatic heterocycles. The van der Waals surface area contributed by atoms with E-state index in [9.17, 15) is 4.79 Å². The average Bonchev–Trinajstić information content (AvgIpc) is 2.33. The fourth-order valence-corrected chi connectivity index (χ4v) is 1.62. The summed E-state index contributed by atoms with van der Waals surface area (Å²) in [5.74, 6) is 0.522. The third-order valence-electron chi connectivity index (χ3n) is 2.23. The Morgan fingerprint density at radius 2 is 2.06 bits per heavy atom. The Bertz CT molecular complexity index is 566. The van der Waals surface area contributed by atoms with Gasteiger partial charge in [-0.3, -0.25) is 4.79 Å². The Labute approximate surface area is 107 Å². The van der Waals surface area contributed by atoms with Crippen LogP contribution < -0.4 is 10.4 Å². The van der Waals surface area contributed by atoms with Crippen LogP contribution in [0.5, 0.6) is 0 Å². The first-order chi connectivity index (χ1) is 8.16. The summed E-state index contributed by atoms with van der Waals surface area (Å²) in [4.78, 5) is 20.6. The quantitative estimate of drug-likeness (QED) is 0.869. The Morgan fingerprint density at radius 3 is 2.76 bits per heavy atom. The molecule has 0 saturated carbocycles. The predicted octanol–water partition coefficient (Wildman–Crippen LogP) is 1.94. The monoisotopic (exact) mass is 294 g/mol. The van der Waals surface area contributed by atoms with Gasteiger partial charge in [0.1, 0.15) is 16.9 Å².